The van der Waals surface area contributed by atoms with Crippen LogP contribution in [0.5, 0.6) is 5.75 Å². The summed E-state index contributed by atoms with van der Waals surface area (Å²) in [6.45, 7) is 0.652. The van der Waals surface area contributed by atoms with Gasteiger partial charge in [0.25, 0.3) is 0 Å². The summed E-state index contributed by atoms with van der Waals surface area (Å²) in [5.74, 6) is 0.0590. The maximum absolute atomic E-state index is 11.4. The highest BCUT2D eigenvalue weighted by atomic mass is 16.5. The lowest BCUT2D eigenvalue weighted by molar-refractivity contribution is 0.0693. The molecule has 0 aliphatic rings. The lowest BCUT2D eigenvalue weighted by Crippen LogP contribution is -2.02. The minimum absolute atomic E-state index is 0.125. The van der Waals surface area contributed by atoms with E-state index in [1.165, 1.54) is 18.2 Å². The number of hydrogen-bond donors (Lipinski definition) is 2. The van der Waals surface area contributed by atoms with Gasteiger partial charge in [-0.3, -0.25) is 0 Å². The van der Waals surface area contributed by atoms with Gasteiger partial charge in [0.15, 0.2) is 0 Å². The largest absolute Gasteiger partial charge is 0.496 e. The highest BCUT2D eigenvalue weighted by molar-refractivity contribution is 5.92. The molecule has 0 spiro atoms. The Hall–Kier alpha value is -4.12. The first kappa shape index (κ1) is 20.2. The third-order valence-corrected chi connectivity index (χ3v) is 5.03. The van der Waals surface area contributed by atoms with E-state index < -0.39 is 5.97 Å². The van der Waals surface area contributed by atoms with Crippen LogP contribution in [-0.4, -0.2) is 23.2 Å². The second-order valence-corrected chi connectivity index (χ2v) is 7.07. The average molecular weight is 410 g/mol. The van der Waals surface area contributed by atoms with Gasteiger partial charge in [0.2, 0.25) is 0 Å². The minimum Gasteiger partial charge on any atom is -0.496 e. The zero-order valence-corrected chi connectivity index (χ0v) is 17.1. The molecule has 0 saturated carbocycles. The highest BCUT2D eigenvalue weighted by Gasteiger charge is 2.12. The summed E-state index contributed by atoms with van der Waals surface area (Å²) in [7, 11) is 1.46. The maximum atomic E-state index is 11.4. The Balaban J connectivity index is 1.46. The van der Waals surface area contributed by atoms with Gasteiger partial charge in [-0.15, -0.1) is 0 Å². The normalized spacial score (nSPS) is 10.5. The van der Waals surface area contributed by atoms with Crippen LogP contribution >= 0.6 is 0 Å². The van der Waals surface area contributed by atoms with Crippen LogP contribution in [0.4, 0.5) is 5.82 Å². The molecule has 4 aromatic rings. The molecule has 2 N–H and O–H groups in total. The Labute approximate surface area is 181 Å². The van der Waals surface area contributed by atoms with E-state index in [9.17, 15) is 9.90 Å². The molecule has 0 unspecified atom stereocenters. The number of nitrogens with zero attached hydrogens (tertiary/aromatic N) is 1. The van der Waals surface area contributed by atoms with Gasteiger partial charge in [-0.05, 0) is 52.6 Å². The van der Waals surface area contributed by atoms with Crippen LogP contribution in [0.15, 0.2) is 91.1 Å². The van der Waals surface area contributed by atoms with E-state index in [-0.39, 0.29) is 5.56 Å². The topological polar surface area (TPSA) is 71.5 Å². The molecule has 0 aliphatic heterocycles. The van der Waals surface area contributed by atoms with Gasteiger partial charge >= 0.3 is 5.97 Å². The fraction of sp³-hybridized carbons (Fsp3) is 0.0769. The summed E-state index contributed by atoms with van der Waals surface area (Å²) < 4.78 is 5.12. The molecule has 4 rings (SSSR count). The molecule has 0 amide bonds. The average Bonchev–Trinajstić information content (AvgIpc) is 2.83. The van der Waals surface area contributed by atoms with Crippen molar-refractivity contribution in [3.05, 3.63) is 102 Å². The van der Waals surface area contributed by atoms with Crippen molar-refractivity contribution in [2.75, 3.05) is 12.4 Å². The number of hydrogen-bond acceptors (Lipinski definition) is 4. The third kappa shape index (κ3) is 4.73. The van der Waals surface area contributed by atoms with Gasteiger partial charge in [0, 0.05) is 18.3 Å². The van der Waals surface area contributed by atoms with Crippen LogP contribution in [0.25, 0.3) is 22.3 Å². The SMILES string of the molecule is COc1ccc(-c2ccc(NCc3cccc(-c4ccccc4)c3)nc2)cc1C(=O)O. The van der Waals surface area contributed by atoms with Crippen LogP contribution in [0.3, 0.4) is 0 Å². The molecule has 1 heterocycles. The van der Waals surface area contributed by atoms with Crippen LogP contribution in [0.1, 0.15) is 15.9 Å². The van der Waals surface area contributed by atoms with Crippen molar-refractivity contribution in [3.8, 4) is 28.0 Å². The first-order valence-electron chi connectivity index (χ1n) is 9.90. The molecule has 0 fully saturated rings. The van der Waals surface area contributed by atoms with E-state index in [1.807, 2.05) is 36.4 Å². The first-order chi connectivity index (χ1) is 15.1. The number of benzene rings is 3. The summed E-state index contributed by atoms with van der Waals surface area (Å²) in [5, 5.41) is 12.7. The van der Waals surface area contributed by atoms with Crippen molar-refractivity contribution in [1.29, 1.82) is 0 Å². The number of rotatable bonds is 7. The van der Waals surface area contributed by atoms with E-state index in [2.05, 4.69) is 46.7 Å². The second-order valence-electron chi connectivity index (χ2n) is 7.07. The molecule has 0 saturated heterocycles. The van der Waals surface area contributed by atoms with E-state index in [0.717, 1.165) is 22.5 Å². The van der Waals surface area contributed by atoms with Crippen molar-refractivity contribution in [2.45, 2.75) is 6.54 Å². The quantitative estimate of drug-likeness (QED) is 0.407. The van der Waals surface area contributed by atoms with Gasteiger partial charge < -0.3 is 15.2 Å². The second kappa shape index (κ2) is 9.13. The fourth-order valence-electron chi connectivity index (χ4n) is 3.41. The van der Waals surface area contributed by atoms with Crippen LogP contribution in [0, 0.1) is 0 Å². The molecule has 0 aliphatic carbocycles. The monoisotopic (exact) mass is 410 g/mol. The number of methoxy groups -OCH3 is 1. The molecule has 0 radical (unpaired) electrons. The number of ether oxygens (including phenoxy) is 1. The first-order valence-corrected chi connectivity index (χ1v) is 9.90. The number of anilines is 1. The maximum Gasteiger partial charge on any atom is 0.339 e. The Morgan fingerprint density at radius 2 is 1.61 bits per heavy atom. The van der Waals surface area contributed by atoms with Gasteiger partial charge in [-0.1, -0.05) is 54.6 Å². The van der Waals surface area contributed by atoms with Gasteiger partial charge in [-0.2, -0.15) is 0 Å². The number of aromatic nitrogens is 1. The predicted octanol–water partition coefficient (Wildman–Crippen LogP) is 5.73. The minimum atomic E-state index is -1.03. The van der Waals surface area contributed by atoms with Crippen molar-refractivity contribution < 1.29 is 14.6 Å². The smallest absolute Gasteiger partial charge is 0.339 e. The van der Waals surface area contributed by atoms with E-state index in [1.54, 1.807) is 18.3 Å². The number of carbonyl (C=O) groups is 1. The van der Waals surface area contributed by atoms with Gasteiger partial charge in [0.1, 0.15) is 17.1 Å². The molecule has 31 heavy (non-hydrogen) atoms. The van der Waals surface area contributed by atoms with Crippen LogP contribution < -0.4 is 10.1 Å². The Kier molecular flexibility index (Phi) is 5.94. The summed E-state index contributed by atoms with van der Waals surface area (Å²) in [4.78, 5) is 15.9. The van der Waals surface area contributed by atoms with Crippen molar-refractivity contribution in [3.63, 3.8) is 0 Å². The lowest BCUT2D eigenvalue weighted by Gasteiger charge is -2.10. The number of nitrogens with one attached hydrogen (secondary N) is 1. The summed E-state index contributed by atoms with van der Waals surface area (Å²) in [6, 6.07) is 27.6. The van der Waals surface area contributed by atoms with Crippen molar-refractivity contribution in [1.82, 2.24) is 4.98 Å². The summed E-state index contributed by atoms with van der Waals surface area (Å²) in [6.07, 6.45) is 1.73. The molecule has 5 nitrogen and oxygen atoms in total. The number of carboxylic acids is 1. The number of pyridine rings is 1. The zero-order chi connectivity index (χ0) is 21.6. The van der Waals surface area contributed by atoms with Gasteiger partial charge in [-0.25, -0.2) is 9.78 Å². The molecule has 5 heteroatoms. The molecule has 0 atom stereocenters. The van der Waals surface area contributed by atoms with E-state index in [4.69, 9.17) is 4.74 Å². The number of carboxylic acid groups (broad SMARTS) is 1. The molecular formula is C26H22N2O3. The number of aromatic carboxylic acids is 1. The van der Waals surface area contributed by atoms with Crippen molar-refractivity contribution in [2.24, 2.45) is 0 Å². The Morgan fingerprint density at radius 3 is 2.32 bits per heavy atom. The fourth-order valence-corrected chi connectivity index (χ4v) is 3.41. The van der Waals surface area contributed by atoms with Crippen LogP contribution in [-0.2, 0) is 6.54 Å². The summed E-state index contributed by atoms with van der Waals surface area (Å²) in [5.41, 5.74) is 5.26. The highest BCUT2D eigenvalue weighted by Crippen LogP contribution is 2.27. The molecule has 1 aromatic heterocycles. The summed E-state index contributed by atoms with van der Waals surface area (Å²) >= 11 is 0. The van der Waals surface area contributed by atoms with Crippen LogP contribution in [0.2, 0.25) is 0 Å². The Bertz CT molecular complexity index is 1190. The molecular weight excluding hydrogens is 388 g/mol. The molecule has 154 valence electrons. The molecule has 0 bridgehead atoms. The van der Waals surface area contributed by atoms with Gasteiger partial charge in [0.05, 0.1) is 7.11 Å². The van der Waals surface area contributed by atoms with E-state index >= 15 is 0 Å². The Morgan fingerprint density at radius 1 is 0.871 bits per heavy atom. The third-order valence-electron chi connectivity index (χ3n) is 5.03. The molecule has 3 aromatic carbocycles. The lowest BCUT2D eigenvalue weighted by atomic mass is 10.0. The predicted molar refractivity (Wildman–Crippen MR) is 122 cm³/mol. The van der Waals surface area contributed by atoms with Crippen molar-refractivity contribution >= 4 is 11.8 Å². The zero-order valence-electron chi connectivity index (χ0n) is 17.1. The van der Waals surface area contributed by atoms with E-state index in [0.29, 0.717) is 12.3 Å². The standard InChI is InChI=1S/C26H22N2O3/c1-31-24-12-10-21(15-23(24)26(29)30)22-11-13-25(28-17-22)27-16-18-6-5-9-20(14-18)19-7-3-2-4-8-19/h2-15,17H,16H2,1H3,(H,27,28)(H,29,30).